The van der Waals surface area contributed by atoms with Gasteiger partial charge in [0.15, 0.2) is 0 Å². The third kappa shape index (κ3) is 2.97. The minimum absolute atomic E-state index is 0.0745. The molecule has 114 valence electrons. The number of nitrogens with zero attached hydrogens (tertiary/aromatic N) is 1. The molecule has 2 aliphatic rings. The topological polar surface area (TPSA) is 41.6 Å². The monoisotopic (exact) mass is 288 g/mol. The summed E-state index contributed by atoms with van der Waals surface area (Å²) in [6.45, 7) is 5.00. The van der Waals surface area contributed by atoms with Crippen molar-refractivity contribution in [3.05, 3.63) is 35.9 Å². The van der Waals surface area contributed by atoms with Gasteiger partial charge in [0.05, 0.1) is 24.4 Å². The minimum atomic E-state index is -0.119. The fraction of sp³-hybridized carbons (Fsp3) is 0.588. The zero-order chi connectivity index (χ0) is 14.8. The molecule has 4 heteroatoms. The largest absolute Gasteiger partial charge is 0.376 e. The summed E-state index contributed by atoms with van der Waals surface area (Å²) < 4.78 is 5.76. The molecule has 0 bridgehead atoms. The van der Waals surface area contributed by atoms with Crippen LogP contribution in [0.25, 0.3) is 0 Å². The first-order chi connectivity index (χ1) is 10.2. The molecule has 1 N–H and O–H groups in total. The van der Waals surface area contributed by atoms with Crippen LogP contribution in [0.15, 0.2) is 30.3 Å². The van der Waals surface area contributed by atoms with Crippen molar-refractivity contribution in [2.45, 2.75) is 57.5 Å². The zero-order valence-electron chi connectivity index (χ0n) is 12.8. The molecular formula is C17H24N2O2. The Morgan fingerprint density at radius 2 is 2.14 bits per heavy atom. The molecular weight excluding hydrogens is 264 g/mol. The zero-order valence-corrected chi connectivity index (χ0v) is 12.8. The van der Waals surface area contributed by atoms with Crippen molar-refractivity contribution < 1.29 is 9.53 Å². The van der Waals surface area contributed by atoms with Crippen LogP contribution in [0.4, 0.5) is 0 Å². The smallest absolute Gasteiger partial charge is 0.241 e. The Bertz CT molecular complexity index is 485. The Morgan fingerprint density at radius 1 is 1.38 bits per heavy atom. The van der Waals surface area contributed by atoms with E-state index in [2.05, 4.69) is 31.3 Å². The Balaban J connectivity index is 1.68. The summed E-state index contributed by atoms with van der Waals surface area (Å²) in [7, 11) is 0. The molecule has 21 heavy (non-hydrogen) atoms. The number of rotatable bonds is 4. The summed E-state index contributed by atoms with van der Waals surface area (Å²) in [5, 5.41) is 3.43. The van der Waals surface area contributed by atoms with E-state index in [1.165, 1.54) is 5.56 Å². The molecule has 4 atom stereocenters. The SMILES string of the molecule is CC1NC(Cc2ccccc2)C(=O)N1C(C)C1CCCO1. The highest BCUT2D eigenvalue weighted by Gasteiger charge is 2.41. The van der Waals surface area contributed by atoms with E-state index in [1.807, 2.05) is 23.1 Å². The van der Waals surface area contributed by atoms with Gasteiger partial charge in [-0.15, -0.1) is 0 Å². The minimum Gasteiger partial charge on any atom is -0.376 e. The van der Waals surface area contributed by atoms with Gasteiger partial charge in [-0.3, -0.25) is 10.1 Å². The number of amides is 1. The molecule has 1 aromatic rings. The van der Waals surface area contributed by atoms with Crippen LogP contribution in [-0.2, 0) is 16.0 Å². The van der Waals surface area contributed by atoms with E-state index in [9.17, 15) is 4.79 Å². The van der Waals surface area contributed by atoms with Gasteiger partial charge < -0.3 is 9.64 Å². The van der Waals surface area contributed by atoms with Crippen molar-refractivity contribution in [3.8, 4) is 0 Å². The van der Waals surface area contributed by atoms with E-state index in [1.54, 1.807) is 0 Å². The molecule has 3 rings (SSSR count). The normalized spacial score (nSPS) is 30.9. The molecule has 0 aliphatic carbocycles. The fourth-order valence-electron chi connectivity index (χ4n) is 3.53. The lowest BCUT2D eigenvalue weighted by atomic mass is 10.0. The Morgan fingerprint density at radius 3 is 2.81 bits per heavy atom. The van der Waals surface area contributed by atoms with Crippen molar-refractivity contribution in [2.24, 2.45) is 0 Å². The molecule has 2 heterocycles. The van der Waals surface area contributed by atoms with E-state index in [0.29, 0.717) is 0 Å². The standard InChI is InChI=1S/C17H24N2O2/c1-12(16-9-6-10-21-16)19-13(2)18-15(17(19)20)11-14-7-4-3-5-8-14/h3-5,7-8,12-13,15-16,18H,6,9-11H2,1-2H3. The van der Waals surface area contributed by atoms with E-state index in [-0.39, 0.29) is 30.3 Å². The van der Waals surface area contributed by atoms with Crippen LogP contribution in [0.5, 0.6) is 0 Å². The lowest BCUT2D eigenvalue weighted by Gasteiger charge is -2.31. The van der Waals surface area contributed by atoms with Gasteiger partial charge in [-0.05, 0) is 38.7 Å². The van der Waals surface area contributed by atoms with Crippen LogP contribution in [0.3, 0.4) is 0 Å². The third-order valence-corrected chi connectivity index (χ3v) is 4.64. The molecule has 0 spiro atoms. The molecule has 0 radical (unpaired) electrons. The summed E-state index contributed by atoms with van der Waals surface area (Å²) in [5.41, 5.74) is 1.20. The Hall–Kier alpha value is -1.39. The second-order valence-electron chi connectivity index (χ2n) is 6.12. The highest BCUT2D eigenvalue weighted by molar-refractivity contribution is 5.85. The number of carbonyl (C=O) groups is 1. The molecule has 1 amide bonds. The van der Waals surface area contributed by atoms with Gasteiger partial charge >= 0.3 is 0 Å². The molecule has 4 unspecified atom stereocenters. The van der Waals surface area contributed by atoms with Crippen molar-refractivity contribution in [1.29, 1.82) is 0 Å². The van der Waals surface area contributed by atoms with Gasteiger partial charge in [0.2, 0.25) is 5.91 Å². The first kappa shape index (κ1) is 14.5. The number of hydrogen-bond acceptors (Lipinski definition) is 3. The van der Waals surface area contributed by atoms with Crippen molar-refractivity contribution in [3.63, 3.8) is 0 Å². The average Bonchev–Trinajstić information content (AvgIpc) is 3.09. The van der Waals surface area contributed by atoms with Gasteiger partial charge in [0.25, 0.3) is 0 Å². The molecule has 2 aliphatic heterocycles. The van der Waals surface area contributed by atoms with Gasteiger partial charge in [-0.25, -0.2) is 0 Å². The summed E-state index contributed by atoms with van der Waals surface area (Å²) in [6.07, 6.45) is 3.17. The van der Waals surface area contributed by atoms with Gasteiger partial charge in [0.1, 0.15) is 0 Å². The number of nitrogens with one attached hydrogen (secondary N) is 1. The van der Waals surface area contributed by atoms with Crippen molar-refractivity contribution in [2.75, 3.05) is 6.61 Å². The predicted octanol–water partition coefficient (Wildman–Crippen LogP) is 1.94. The average molecular weight is 288 g/mol. The first-order valence-corrected chi connectivity index (χ1v) is 7.90. The van der Waals surface area contributed by atoms with Gasteiger partial charge in [0, 0.05) is 6.61 Å². The number of hydrogen-bond donors (Lipinski definition) is 1. The lowest BCUT2D eigenvalue weighted by molar-refractivity contribution is -0.134. The van der Waals surface area contributed by atoms with Crippen molar-refractivity contribution >= 4 is 5.91 Å². The van der Waals surface area contributed by atoms with Crippen LogP contribution in [-0.4, -0.2) is 41.8 Å². The highest BCUT2D eigenvalue weighted by Crippen LogP contribution is 2.25. The number of benzene rings is 1. The van der Waals surface area contributed by atoms with Crippen LogP contribution in [0.1, 0.15) is 32.3 Å². The molecule has 0 aromatic heterocycles. The van der Waals surface area contributed by atoms with Gasteiger partial charge in [-0.2, -0.15) is 0 Å². The molecule has 0 saturated carbocycles. The second kappa shape index (κ2) is 6.16. The van der Waals surface area contributed by atoms with E-state index in [0.717, 1.165) is 25.9 Å². The number of carbonyl (C=O) groups excluding carboxylic acids is 1. The Kier molecular flexibility index (Phi) is 4.27. The van der Waals surface area contributed by atoms with Gasteiger partial charge in [-0.1, -0.05) is 30.3 Å². The van der Waals surface area contributed by atoms with E-state index < -0.39 is 0 Å². The van der Waals surface area contributed by atoms with Crippen LogP contribution in [0, 0.1) is 0 Å². The summed E-state index contributed by atoms with van der Waals surface area (Å²) in [4.78, 5) is 14.7. The summed E-state index contributed by atoms with van der Waals surface area (Å²) >= 11 is 0. The van der Waals surface area contributed by atoms with E-state index >= 15 is 0 Å². The van der Waals surface area contributed by atoms with Crippen molar-refractivity contribution in [1.82, 2.24) is 10.2 Å². The fourth-order valence-corrected chi connectivity index (χ4v) is 3.53. The third-order valence-electron chi connectivity index (χ3n) is 4.64. The molecule has 2 saturated heterocycles. The molecule has 4 nitrogen and oxygen atoms in total. The second-order valence-corrected chi connectivity index (χ2v) is 6.12. The maximum Gasteiger partial charge on any atom is 0.241 e. The predicted molar refractivity (Wildman–Crippen MR) is 81.8 cm³/mol. The maximum absolute atomic E-state index is 12.7. The first-order valence-electron chi connectivity index (χ1n) is 7.90. The Labute approximate surface area is 126 Å². The van der Waals surface area contributed by atoms with E-state index in [4.69, 9.17) is 4.74 Å². The number of ether oxygens (including phenoxy) is 1. The lowest BCUT2D eigenvalue weighted by Crippen LogP contribution is -2.47. The maximum atomic E-state index is 12.7. The molecule has 2 fully saturated rings. The quantitative estimate of drug-likeness (QED) is 0.920. The molecule has 1 aromatic carbocycles. The summed E-state index contributed by atoms with van der Waals surface area (Å²) in [6, 6.07) is 10.2. The van der Waals surface area contributed by atoms with Crippen LogP contribution >= 0.6 is 0 Å². The van der Waals surface area contributed by atoms with Crippen LogP contribution < -0.4 is 5.32 Å². The highest BCUT2D eigenvalue weighted by atomic mass is 16.5. The van der Waals surface area contributed by atoms with Crippen LogP contribution in [0.2, 0.25) is 0 Å². The summed E-state index contributed by atoms with van der Waals surface area (Å²) in [5.74, 6) is 0.203.